The number of piperazine rings is 1. The van der Waals surface area contributed by atoms with Gasteiger partial charge in [-0.15, -0.1) is 0 Å². The predicted octanol–water partition coefficient (Wildman–Crippen LogP) is 3.63. The van der Waals surface area contributed by atoms with Crippen LogP contribution in [-0.2, 0) is 6.54 Å². The third-order valence-corrected chi connectivity index (χ3v) is 6.27. The molecule has 6 nitrogen and oxygen atoms in total. The molecule has 2 saturated heterocycles. The summed E-state index contributed by atoms with van der Waals surface area (Å²) in [5, 5.41) is 10.8. The maximum Gasteiger partial charge on any atom is 0.269 e. The topological polar surface area (TPSA) is 52.9 Å². The highest BCUT2D eigenvalue weighted by atomic mass is 16.6. The van der Waals surface area contributed by atoms with Crippen molar-refractivity contribution in [2.75, 3.05) is 50.7 Å². The van der Waals surface area contributed by atoms with Crippen molar-refractivity contribution in [1.82, 2.24) is 9.80 Å². The second kappa shape index (κ2) is 9.37. The van der Waals surface area contributed by atoms with Gasteiger partial charge in [0.15, 0.2) is 0 Å². The molecule has 154 valence electrons. The number of non-ortho nitro benzene ring substituents is 1. The fourth-order valence-corrected chi connectivity index (χ4v) is 4.50. The first-order valence-corrected chi connectivity index (χ1v) is 10.7. The molecule has 2 aliphatic rings. The first-order chi connectivity index (χ1) is 14.2. The molecule has 4 rings (SSSR count). The van der Waals surface area contributed by atoms with Crippen LogP contribution in [0.25, 0.3) is 0 Å². The summed E-state index contributed by atoms with van der Waals surface area (Å²) in [5.74, 6) is 0.755. The molecule has 0 spiro atoms. The number of rotatable bonds is 6. The molecule has 0 N–H and O–H groups in total. The number of hydrogen-bond donors (Lipinski definition) is 0. The van der Waals surface area contributed by atoms with Crippen LogP contribution in [0.15, 0.2) is 54.6 Å². The van der Waals surface area contributed by atoms with Crippen LogP contribution in [-0.4, -0.2) is 60.5 Å². The SMILES string of the molecule is O=[N+]([O-])c1ccc(N2CCC(CN3CCN(Cc4ccccc4)CC3)CC2)cc1. The zero-order valence-electron chi connectivity index (χ0n) is 16.9. The van der Waals surface area contributed by atoms with E-state index in [1.807, 2.05) is 12.1 Å². The molecule has 0 radical (unpaired) electrons. The van der Waals surface area contributed by atoms with Crippen molar-refractivity contribution in [3.05, 3.63) is 70.3 Å². The average Bonchev–Trinajstić information content (AvgIpc) is 2.76. The van der Waals surface area contributed by atoms with Crippen LogP contribution in [0.5, 0.6) is 0 Å². The maximum atomic E-state index is 10.8. The normalized spacial score (nSPS) is 19.4. The van der Waals surface area contributed by atoms with Crippen LogP contribution < -0.4 is 4.90 Å². The minimum atomic E-state index is -0.338. The fraction of sp³-hybridized carbons (Fsp3) is 0.478. The van der Waals surface area contributed by atoms with Gasteiger partial charge in [-0.2, -0.15) is 0 Å². The van der Waals surface area contributed by atoms with E-state index in [0.29, 0.717) is 0 Å². The van der Waals surface area contributed by atoms with Gasteiger partial charge in [-0.05, 0) is 36.5 Å². The number of piperidine rings is 1. The number of benzene rings is 2. The molecule has 0 saturated carbocycles. The van der Waals surface area contributed by atoms with E-state index >= 15 is 0 Å². The van der Waals surface area contributed by atoms with Gasteiger partial charge in [0, 0.05) is 70.2 Å². The van der Waals surface area contributed by atoms with E-state index < -0.39 is 0 Å². The lowest BCUT2D eigenvalue weighted by Gasteiger charge is -2.39. The van der Waals surface area contributed by atoms with Gasteiger partial charge in [0.05, 0.1) is 4.92 Å². The highest BCUT2D eigenvalue weighted by Crippen LogP contribution is 2.26. The summed E-state index contributed by atoms with van der Waals surface area (Å²) in [4.78, 5) is 18.0. The first-order valence-electron chi connectivity index (χ1n) is 10.7. The second-order valence-electron chi connectivity index (χ2n) is 8.27. The van der Waals surface area contributed by atoms with Crippen LogP contribution in [0.3, 0.4) is 0 Å². The van der Waals surface area contributed by atoms with Crippen LogP contribution in [0.2, 0.25) is 0 Å². The molecule has 0 aromatic heterocycles. The molecule has 29 heavy (non-hydrogen) atoms. The Kier molecular flexibility index (Phi) is 6.42. The summed E-state index contributed by atoms with van der Waals surface area (Å²) in [6, 6.07) is 17.7. The molecule has 2 aromatic carbocycles. The minimum Gasteiger partial charge on any atom is -0.372 e. The zero-order valence-corrected chi connectivity index (χ0v) is 16.9. The van der Waals surface area contributed by atoms with E-state index in [4.69, 9.17) is 0 Å². The van der Waals surface area contributed by atoms with E-state index in [9.17, 15) is 10.1 Å². The lowest BCUT2D eigenvalue weighted by molar-refractivity contribution is -0.384. The van der Waals surface area contributed by atoms with Gasteiger partial charge in [-0.3, -0.25) is 15.0 Å². The summed E-state index contributed by atoms with van der Waals surface area (Å²) < 4.78 is 0. The van der Waals surface area contributed by atoms with Crippen molar-refractivity contribution in [3.63, 3.8) is 0 Å². The smallest absolute Gasteiger partial charge is 0.269 e. The van der Waals surface area contributed by atoms with Crippen molar-refractivity contribution in [3.8, 4) is 0 Å². The van der Waals surface area contributed by atoms with Crippen molar-refractivity contribution in [2.45, 2.75) is 19.4 Å². The van der Waals surface area contributed by atoms with Crippen molar-refractivity contribution >= 4 is 11.4 Å². The first kappa shape index (κ1) is 19.9. The number of nitro groups is 1. The monoisotopic (exact) mass is 394 g/mol. The number of hydrogen-bond acceptors (Lipinski definition) is 5. The van der Waals surface area contributed by atoms with Gasteiger partial charge in [-0.1, -0.05) is 30.3 Å². The Balaban J connectivity index is 1.19. The Hall–Kier alpha value is -2.44. The molecule has 0 aliphatic carbocycles. The summed E-state index contributed by atoms with van der Waals surface area (Å²) in [6.07, 6.45) is 2.39. The Bertz CT molecular complexity index is 780. The number of nitrogens with zero attached hydrogens (tertiary/aromatic N) is 4. The van der Waals surface area contributed by atoms with Crippen LogP contribution >= 0.6 is 0 Å². The second-order valence-corrected chi connectivity index (χ2v) is 8.27. The molecule has 0 unspecified atom stereocenters. The van der Waals surface area contributed by atoms with Crippen molar-refractivity contribution in [1.29, 1.82) is 0 Å². The lowest BCUT2D eigenvalue weighted by atomic mass is 9.95. The molecule has 0 atom stereocenters. The van der Waals surface area contributed by atoms with Gasteiger partial charge < -0.3 is 9.80 Å². The fourth-order valence-electron chi connectivity index (χ4n) is 4.50. The quantitative estimate of drug-likeness (QED) is 0.553. The predicted molar refractivity (Wildman–Crippen MR) is 116 cm³/mol. The van der Waals surface area contributed by atoms with Gasteiger partial charge >= 0.3 is 0 Å². The lowest BCUT2D eigenvalue weighted by Crippen LogP contribution is -2.48. The van der Waals surface area contributed by atoms with E-state index in [1.165, 1.54) is 24.9 Å². The molecule has 0 amide bonds. The molecular formula is C23H30N4O2. The standard InChI is InChI=1S/C23H30N4O2/c28-27(29)23-8-6-22(7-9-23)26-12-10-21(11-13-26)19-25-16-14-24(15-17-25)18-20-4-2-1-3-5-20/h1-9,21H,10-19H2. The van der Waals surface area contributed by atoms with E-state index in [1.54, 1.807) is 12.1 Å². The van der Waals surface area contributed by atoms with Crippen molar-refractivity contribution in [2.24, 2.45) is 5.92 Å². The summed E-state index contributed by atoms with van der Waals surface area (Å²) >= 11 is 0. The molecule has 2 fully saturated rings. The highest BCUT2D eigenvalue weighted by Gasteiger charge is 2.24. The third kappa shape index (κ3) is 5.34. The van der Waals surface area contributed by atoms with Gasteiger partial charge in [-0.25, -0.2) is 0 Å². The van der Waals surface area contributed by atoms with E-state index in [-0.39, 0.29) is 10.6 Å². The molecule has 2 aromatic rings. The molecular weight excluding hydrogens is 364 g/mol. The van der Waals surface area contributed by atoms with Crippen LogP contribution in [0, 0.1) is 16.0 Å². The summed E-state index contributed by atoms with van der Waals surface area (Å²) in [5.41, 5.74) is 2.66. The molecule has 2 heterocycles. The zero-order chi connectivity index (χ0) is 20.1. The number of nitro benzene ring substituents is 1. The Morgan fingerprint density at radius 2 is 1.45 bits per heavy atom. The average molecular weight is 395 g/mol. The van der Waals surface area contributed by atoms with E-state index in [2.05, 4.69) is 45.0 Å². The maximum absolute atomic E-state index is 10.8. The minimum absolute atomic E-state index is 0.162. The summed E-state index contributed by atoms with van der Waals surface area (Å²) in [7, 11) is 0. The molecule has 0 bridgehead atoms. The Labute approximate surface area is 172 Å². The van der Waals surface area contributed by atoms with Crippen molar-refractivity contribution < 1.29 is 4.92 Å². The molecule has 6 heteroatoms. The highest BCUT2D eigenvalue weighted by molar-refractivity contribution is 5.51. The van der Waals surface area contributed by atoms with Gasteiger partial charge in [0.2, 0.25) is 0 Å². The Morgan fingerprint density at radius 3 is 2.07 bits per heavy atom. The largest absolute Gasteiger partial charge is 0.372 e. The number of anilines is 1. The van der Waals surface area contributed by atoms with Crippen LogP contribution in [0.4, 0.5) is 11.4 Å². The molecule has 2 aliphatic heterocycles. The van der Waals surface area contributed by atoms with E-state index in [0.717, 1.165) is 57.4 Å². The van der Waals surface area contributed by atoms with Gasteiger partial charge in [0.25, 0.3) is 5.69 Å². The van der Waals surface area contributed by atoms with Gasteiger partial charge in [0.1, 0.15) is 0 Å². The third-order valence-electron chi connectivity index (χ3n) is 6.27. The Morgan fingerprint density at radius 1 is 0.828 bits per heavy atom. The van der Waals surface area contributed by atoms with Crippen LogP contribution in [0.1, 0.15) is 18.4 Å². The summed E-state index contributed by atoms with van der Waals surface area (Å²) in [6.45, 7) is 8.96.